The molecule has 0 radical (unpaired) electrons. The summed E-state index contributed by atoms with van der Waals surface area (Å²) in [5.74, 6) is -0.358. The average molecular weight is 393 g/mol. The predicted octanol–water partition coefficient (Wildman–Crippen LogP) is 2.19. The summed E-state index contributed by atoms with van der Waals surface area (Å²) >= 11 is 0. The van der Waals surface area contributed by atoms with Crippen molar-refractivity contribution in [2.75, 3.05) is 20.3 Å². The first-order chi connectivity index (χ1) is 14.1. The van der Waals surface area contributed by atoms with Crippen molar-refractivity contribution in [2.45, 2.75) is 24.9 Å². The van der Waals surface area contributed by atoms with E-state index in [-0.39, 0.29) is 18.2 Å². The van der Waals surface area contributed by atoms with Gasteiger partial charge in [0, 0.05) is 30.2 Å². The fraction of sp³-hybridized carbons (Fsp3) is 0.318. The minimum absolute atomic E-state index is 0.214. The topological polar surface area (TPSA) is 108 Å². The van der Waals surface area contributed by atoms with Crippen molar-refractivity contribution >= 4 is 16.8 Å². The third-order valence-electron chi connectivity index (χ3n) is 5.36. The number of hydrogen-bond acceptors (Lipinski definition) is 6. The Kier molecular flexibility index (Phi) is 5.42. The van der Waals surface area contributed by atoms with Crippen LogP contribution in [0.1, 0.15) is 39.5 Å². The molecule has 3 N–H and O–H groups in total. The molecule has 150 valence electrons. The fourth-order valence-corrected chi connectivity index (χ4v) is 4.01. The third-order valence-corrected chi connectivity index (χ3v) is 5.36. The van der Waals surface area contributed by atoms with Gasteiger partial charge in [-0.1, -0.05) is 18.2 Å². The molecule has 4 rings (SSSR count). The van der Waals surface area contributed by atoms with Gasteiger partial charge in [0.2, 0.25) is 5.88 Å². The van der Waals surface area contributed by atoms with E-state index in [1.54, 1.807) is 13.3 Å². The average Bonchev–Trinajstić information content (AvgIpc) is 2.74. The van der Waals surface area contributed by atoms with Gasteiger partial charge in [0.25, 0.3) is 5.91 Å². The summed E-state index contributed by atoms with van der Waals surface area (Å²) in [6.45, 7) is 0.730. The zero-order valence-corrected chi connectivity index (χ0v) is 16.2. The molecule has 0 saturated carbocycles. The molecule has 1 amide bonds. The maximum absolute atomic E-state index is 12.3. The van der Waals surface area contributed by atoms with Crippen molar-refractivity contribution in [3.63, 3.8) is 0 Å². The number of carbonyl (C=O) groups excluding carboxylic acids is 1. The standard InChI is InChI=1S/C22H23N3O4/c1-28-19-11-13(6-8-24-19)10-16-14-4-2-3-5-17(14)25-21(22(23)27)20(16)15-7-9-29-12-18(15)26/h2-6,8,11,15,18,26H,7,9-10,12H2,1H3,(H2,23,27)/t15-,18+/m1/s1. The van der Waals surface area contributed by atoms with Crippen LogP contribution in [-0.2, 0) is 11.2 Å². The van der Waals surface area contributed by atoms with E-state index in [1.165, 1.54) is 0 Å². The molecule has 1 aliphatic heterocycles. The summed E-state index contributed by atoms with van der Waals surface area (Å²) in [5.41, 5.74) is 9.25. The molecule has 7 nitrogen and oxygen atoms in total. The van der Waals surface area contributed by atoms with Gasteiger partial charge in [0.1, 0.15) is 5.69 Å². The van der Waals surface area contributed by atoms with E-state index in [1.807, 2.05) is 36.4 Å². The summed E-state index contributed by atoms with van der Waals surface area (Å²) in [7, 11) is 1.57. The lowest BCUT2D eigenvalue weighted by atomic mass is 9.82. The Morgan fingerprint density at radius 3 is 2.93 bits per heavy atom. The Hall–Kier alpha value is -3.03. The Morgan fingerprint density at radius 2 is 2.17 bits per heavy atom. The summed E-state index contributed by atoms with van der Waals surface area (Å²) in [6.07, 6.45) is 2.08. The van der Waals surface area contributed by atoms with Crippen LogP contribution in [0.4, 0.5) is 0 Å². The second-order valence-electron chi connectivity index (χ2n) is 7.15. The van der Waals surface area contributed by atoms with Gasteiger partial charge >= 0.3 is 0 Å². The van der Waals surface area contributed by atoms with E-state index in [4.69, 9.17) is 15.2 Å². The van der Waals surface area contributed by atoms with Gasteiger partial charge in [-0.05, 0) is 41.7 Å². The highest BCUT2D eigenvalue weighted by atomic mass is 16.5. The molecule has 1 fully saturated rings. The van der Waals surface area contributed by atoms with Crippen molar-refractivity contribution in [1.82, 2.24) is 9.97 Å². The molecule has 2 aromatic heterocycles. The molecular formula is C22H23N3O4. The van der Waals surface area contributed by atoms with E-state index >= 15 is 0 Å². The van der Waals surface area contributed by atoms with Crippen molar-refractivity contribution in [3.8, 4) is 5.88 Å². The normalized spacial score (nSPS) is 19.2. The molecule has 3 heterocycles. The van der Waals surface area contributed by atoms with Crippen LogP contribution in [0.5, 0.6) is 5.88 Å². The van der Waals surface area contributed by atoms with Crippen LogP contribution in [0.15, 0.2) is 42.6 Å². The lowest BCUT2D eigenvalue weighted by Gasteiger charge is -2.31. The zero-order chi connectivity index (χ0) is 20.4. The fourth-order valence-electron chi connectivity index (χ4n) is 4.01. The number of benzene rings is 1. The molecule has 0 bridgehead atoms. The van der Waals surface area contributed by atoms with Gasteiger partial charge in [-0.3, -0.25) is 4.79 Å². The summed E-state index contributed by atoms with van der Waals surface area (Å²) < 4.78 is 10.6. The lowest BCUT2D eigenvalue weighted by molar-refractivity contribution is -0.0208. The van der Waals surface area contributed by atoms with E-state index in [0.29, 0.717) is 36.4 Å². The van der Waals surface area contributed by atoms with Crippen LogP contribution in [0.3, 0.4) is 0 Å². The smallest absolute Gasteiger partial charge is 0.267 e. The molecule has 1 saturated heterocycles. The monoisotopic (exact) mass is 393 g/mol. The van der Waals surface area contributed by atoms with Gasteiger partial charge in [0.15, 0.2) is 0 Å². The van der Waals surface area contributed by atoms with Crippen LogP contribution in [0, 0.1) is 0 Å². The number of ether oxygens (including phenoxy) is 2. The molecule has 3 aromatic rings. The number of nitrogens with zero attached hydrogens (tertiary/aromatic N) is 2. The number of aromatic nitrogens is 2. The molecule has 7 heteroatoms. The van der Waals surface area contributed by atoms with Gasteiger partial charge < -0.3 is 20.3 Å². The molecule has 0 aliphatic carbocycles. The summed E-state index contributed by atoms with van der Waals surface area (Å²) in [4.78, 5) is 21.1. The summed E-state index contributed by atoms with van der Waals surface area (Å²) in [6, 6.07) is 11.4. The maximum Gasteiger partial charge on any atom is 0.267 e. The third kappa shape index (κ3) is 3.79. The number of nitrogens with two attached hydrogens (primary N) is 1. The van der Waals surface area contributed by atoms with E-state index < -0.39 is 12.0 Å². The molecular weight excluding hydrogens is 370 g/mol. The number of pyridine rings is 2. The second-order valence-corrected chi connectivity index (χ2v) is 7.15. The van der Waals surface area contributed by atoms with Crippen molar-refractivity contribution in [3.05, 3.63) is 65.0 Å². The largest absolute Gasteiger partial charge is 0.481 e. The number of aliphatic hydroxyl groups excluding tert-OH is 1. The number of methoxy groups -OCH3 is 1. The Balaban J connectivity index is 1.95. The second kappa shape index (κ2) is 8.14. The quantitative estimate of drug-likeness (QED) is 0.688. The highest BCUT2D eigenvalue weighted by Crippen LogP contribution is 2.36. The minimum atomic E-state index is -0.726. The van der Waals surface area contributed by atoms with Crippen LogP contribution < -0.4 is 10.5 Å². The highest BCUT2D eigenvalue weighted by Gasteiger charge is 2.32. The number of hydrogen-bond donors (Lipinski definition) is 2. The number of rotatable bonds is 5. The van der Waals surface area contributed by atoms with E-state index in [2.05, 4.69) is 9.97 Å². The number of aliphatic hydroxyl groups is 1. The number of para-hydroxylation sites is 1. The van der Waals surface area contributed by atoms with Crippen LogP contribution in [0.25, 0.3) is 10.9 Å². The van der Waals surface area contributed by atoms with Crippen molar-refractivity contribution < 1.29 is 19.4 Å². The van der Waals surface area contributed by atoms with E-state index in [0.717, 1.165) is 16.5 Å². The van der Waals surface area contributed by atoms with Crippen LogP contribution >= 0.6 is 0 Å². The minimum Gasteiger partial charge on any atom is -0.481 e. The Bertz CT molecular complexity index is 1050. The molecule has 1 aliphatic rings. The molecule has 1 aromatic carbocycles. The zero-order valence-electron chi connectivity index (χ0n) is 16.2. The molecule has 0 unspecified atom stereocenters. The SMILES string of the molecule is COc1cc(Cc2c([C@@H]3CCOC[C@@H]3O)c(C(N)=O)nc3ccccc23)ccn1. The van der Waals surface area contributed by atoms with E-state index in [9.17, 15) is 9.90 Å². The molecule has 2 atom stereocenters. The van der Waals surface area contributed by atoms with Crippen molar-refractivity contribution in [2.24, 2.45) is 5.73 Å². The first kappa shape index (κ1) is 19.3. The molecule has 0 spiro atoms. The lowest BCUT2D eigenvalue weighted by Crippen LogP contribution is -2.33. The van der Waals surface area contributed by atoms with Gasteiger partial charge in [0.05, 0.1) is 25.3 Å². The number of fused-ring (bicyclic) bond motifs is 1. The highest BCUT2D eigenvalue weighted by molar-refractivity contribution is 5.97. The first-order valence-corrected chi connectivity index (χ1v) is 9.54. The van der Waals surface area contributed by atoms with Gasteiger partial charge in [-0.25, -0.2) is 9.97 Å². The van der Waals surface area contributed by atoms with Crippen molar-refractivity contribution in [1.29, 1.82) is 0 Å². The van der Waals surface area contributed by atoms with Gasteiger partial charge in [-0.15, -0.1) is 0 Å². The van der Waals surface area contributed by atoms with Gasteiger partial charge in [-0.2, -0.15) is 0 Å². The number of primary amides is 1. The number of carbonyl (C=O) groups is 1. The maximum atomic E-state index is 12.3. The Morgan fingerprint density at radius 1 is 1.34 bits per heavy atom. The first-order valence-electron chi connectivity index (χ1n) is 9.54. The number of amides is 1. The predicted molar refractivity (Wildman–Crippen MR) is 108 cm³/mol. The Labute approximate surface area is 168 Å². The molecule has 29 heavy (non-hydrogen) atoms. The van der Waals surface area contributed by atoms with Crippen LogP contribution in [-0.4, -0.2) is 47.4 Å². The summed E-state index contributed by atoms with van der Waals surface area (Å²) in [5, 5.41) is 11.6. The van der Waals surface area contributed by atoms with Crippen LogP contribution in [0.2, 0.25) is 0 Å².